The molecule has 0 aromatic heterocycles. The monoisotopic (exact) mass is 418 g/mol. The van der Waals surface area contributed by atoms with Gasteiger partial charge in [0.1, 0.15) is 0 Å². The van der Waals surface area contributed by atoms with Gasteiger partial charge in [-0.1, -0.05) is 32.9 Å². The lowest BCUT2D eigenvalue weighted by Crippen LogP contribution is -2.45. The quantitative estimate of drug-likeness (QED) is 0.451. The van der Waals surface area contributed by atoms with Gasteiger partial charge < -0.3 is 14.3 Å². The third kappa shape index (κ3) is 5.42. The molecule has 1 aliphatic carbocycles. The zero-order valence-electron chi connectivity index (χ0n) is 17.6. The molecule has 158 valence electrons. The van der Waals surface area contributed by atoms with E-state index >= 15 is 0 Å². The molecule has 0 bridgehead atoms. The zero-order chi connectivity index (χ0) is 21.6. The minimum Gasteiger partial charge on any atom is -0.481 e. The molecule has 1 unspecified atom stereocenters. The van der Waals surface area contributed by atoms with E-state index in [0.29, 0.717) is 17.7 Å². The van der Waals surface area contributed by atoms with Crippen molar-refractivity contribution >= 4 is 26.0 Å². The van der Waals surface area contributed by atoms with Crippen molar-refractivity contribution in [3.8, 4) is 0 Å². The first-order valence-corrected chi connectivity index (χ1v) is 12.6. The number of aliphatic carboxylic acids is 1. The molecule has 0 aliphatic heterocycles. The molecule has 7 heteroatoms. The number of hydrogen-bond acceptors (Lipinski definition) is 5. The molecule has 29 heavy (non-hydrogen) atoms. The Morgan fingerprint density at radius 1 is 1.24 bits per heavy atom. The van der Waals surface area contributed by atoms with Gasteiger partial charge in [0.05, 0.1) is 24.7 Å². The Morgan fingerprint density at radius 3 is 2.52 bits per heavy atom. The third-order valence-electron chi connectivity index (χ3n) is 5.74. The highest BCUT2D eigenvalue weighted by Gasteiger charge is 2.42. The highest BCUT2D eigenvalue weighted by molar-refractivity contribution is 6.75. The minimum absolute atomic E-state index is 0.0962. The third-order valence-corrected chi connectivity index (χ3v) is 10.8. The number of rotatable bonds is 10. The van der Waals surface area contributed by atoms with Gasteiger partial charge in [-0.3, -0.25) is 9.59 Å². The van der Waals surface area contributed by atoms with Gasteiger partial charge in [0.2, 0.25) is 0 Å². The van der Waals surface area contributed by atoms with Crippen molar-refractivity contribution < 1.29 is 28.7 Å². The number of carboxylic acids is 1. The van der Waals surface area contributed by atoms with E-state index in [1.807, 2.05) is 18.2 Å². The Balaban J connectivity index is 2.27. The number of hydrogen-bond donors (Lipinski definition) is 1. The fraction of sp³-hybridized carbons (Fsp3) is 0.500. The maximum atomic E-state index is 12.2. The smallest absolute Gasteiger partial charge is 0.338 e. The molecule has 1 aromatic rings. The molecule has 0 heterocycles. The summed E-state index contributed by atoms with van der Waals surface area (Å²) in [4.78, 5) is 35.2. The van der Waals surface area contributed by atoms with E-state index in [-0.39, 0.29) is 36.2 Å². The summed E-state index contributed by atoms with van der Waals surface area (Å²) in [6.45, 7) is 8.41. The van der Waals surface area contributed by atoms with E-state index in [4.69, 9.17) is 14.3 Å². The topological polar surface area (TPSA) is 89.9 Å². The van der Waals surface area contributed by atoms with Crippen molar-refractivity contribution in [1.29, 1.82) is 0 Å². The van der Waals surface area contributed by atoms with Crippen LogP contribution in [0.4, 0.5) is 0 Å². The number of carbonyl (C=O) groups excluding carboxylic acids is 2. The summed E-state index contributed by atoms with van der Waals surface area (Å²) in [5.41, 5.74) is 1.96. The van der Waals surface area contributed by atoms with Crippen LogP contribution in [0.25, 0.3) is 0 Å². The van der Waals surface area contributed by atoms with Crippen molar-refractivity contribution in [2.75, 3.05) is 6.61 Å². The number of carbonyl (C=O) groups is 3. The number of Topliss-reactive ketones (excluding diaryl/α,β-unsaturated/α-hetero) is 1. The predicted octanol–water partition coefficient (Wildman–Crippen LogP) is 4.25. The molecule has 0 fully saturated rings. The Hall–Kier alpha value is -2.25. The lowest BCUT2D eigenvalue weighted by atomic mass is 10.1. The Kier molecular flexibility index (Phi) is 7.93. The van der Waals surface area contributed by atoms with Gasteiger partial charge >= 0.3 is 11.9 Å². The Morgan fingerprint density at radius 2 is 1.93 bits per heavy atom. The first-order valence-electron chi connectivity index (χ1n) is 10.2. The summed E-state index contributed by atoms with van der Waals surface area (Å²) in [6.07, 6.45) is 1.25. The normalized spacial score (nSPS) is 17.7. The van der Waals surface area contributed by atoms with E-state index in [1.54, 1.807) is 19.1 Å². The molecule has 0 saturated carbocycles. The van der Waals surface area contributed by atoms with Gasteiger partial charge in [-0.2, -0.15) is 0 Å². The summed E-state index contributed by atoms with van der Waals surface area (Å²) in [5, 5.41) is 8.99. The number of ether oxygens (including phenoxy) is 1. The second-order valence-electron chi connectivity index (χ2n) is 7.39. The maximum Gasteiger partial charge on any atom is 0.338 e. The van der Waals surface area contributed by atoms with Gasteiger partial charge in [0.15, 0.2) is 14.1 Å². The second-order valence-corrected chi connectivity index (χ2v) is 12.0. The van der Waals surface area contributed by atoms with Crippen molar-refractivity contribution in [3.05, 3.63) is 47.0 Å². The van der Waals surface area contributed by atoms with Crippen LogP contribution < -0.4 is 0 Å². The molecule has 0 radical (unpaired) electrons. The molecule has 2 rings (SSSR count). The number of carboxylic acid groups (broad SMARTS) is 1. The molecule has 1 aromatic carbocycles. The maximum absolute atomic E-state index is 12.2. The van der Waals surface area contributed by atoms with Gasteiger partial charge in [-0.05, 0) is 42.8 Å². The molecule has 0 saturated heterocycles. The van der Waals surface area contributed by atoms with Crippen LogP contribution in [0.5, 0.6) is 0 Å². The van der Waals surface area contributed by atoms with E-state index in [0.717, 1.165) is 17.7 Å². The van der Waals surface area contributed by atoms with Gasteiger partial charge in [0, 0.05) is 17.5 Å². The SMILES string of the molecule is CCOC(=O)c1cccc(C(C)[Si](CC)(CC)O[C@H]2C=C(CC(=O)O)C(=O)C2)c1. The van der Waals surface area contributed by atoms with Crippen LogP contribution in [0.2, 0.25) is 12.1 Å². The van der Waals surface area contributed by atoms with Gasteiger partial charge in [-0.25, -0.2) is 4.79 Å². The average Bonchev–Trinajstić information content (AvgIpc) is 3.04. The molecule has 6 nitrogen and oxygen atoms in total. The van der Waals surface area contributed by atoms with E-state index in [2.05, 4.69) is 20.8 Å². The lowest BCUT2D eigenvalue weighted by Gasteiger charge is -2.37. The number of benzene rings is 1. The molecular formula is C22H30O6Si. The lowest BCUT2D eigenvalue weighted by molar-refractivity contribution is -0.136. The van der Waals surface area contributed by atoms with Crippen LogP contribution in [-0.4, -0.2) is 43.9 Å². The first kappa shape index (κ1) is 23.0. The standard InChI is InChI=1S/C22H30O6Si/c1-5-27-22(26)17-10-8-9-16(11-17)15(4)29(6-2,7-3)28-19-12-18(13-21(24)25)20(23)14-19/h8-12,15,19H,5-7,13-14H2,1-4H3,(H,24,25)/t15?,19-/m0/s1. The summed E-state index contributed by atoms with van der Waals surface area (Å²) < 4.78 is 11.7. The number of ketones is 1. The van der Waals surface area contributed by atoms with Crippen LogP contribution in [0, 0.1) is 0 Å². The molecule has 0 amide bonds. The Labute approximate surface area is 173 Å². The summed E-state index contributed by atoms with van der Waals surface area (Å²) >= 11 is 0. The van der Waals surface area contributed by atoms with Crippen LogP contribution in [-0.2, 0) is 18.8 Å². The second kappa shape index (κ2) is 9.98. The zero-order valence-corrected chi connectivity index (χ0v) is 18.6. The van der Waals surface area contributed by atoms with Gasteiger partial charge in [0.25, 0.3) is 0 Å². The van der Waals surface area contributed by atoms with E-state index < -0.39 is 14.3 Å². The predicted molar refractivity (Wildman–Crippen MR) is 112 cm³/mol. The number of esters is 1. The summed E-state index contributed by atoms with van der Waals surface area (Å²) in [5.74, 6) is -1.50. The average molecular weight is 419 g/mol. The molecular weight excluding hydrogens is 388 g/mol. The highest BCUT2D eigenvalue weighted by Crippen LogP contribution is 2.37. The molecule has 0 spiro atoms. The fourth-order valence-corrected chi connectivity index (χ4v) is 7.78. The highest BCUT2D eigenvalue weighted by atomic mass is 28.4. The van der Waals surface area contributed by atoms with Crippen molar-refractivity contribution in [1.82, 2.24) is 0 Å². The van der Waals surface area contributed by atoms with Crippen molar-refractivity contribution in [2.24, 2.45) is 0 Å². The van der Waals surface area contributed by atoms with E-state index in [9.17, 15) is 14.4 Å². The van der Waals surface area contributed by atoms with Crippen LogP contribution >= 0.6 is 0 Å². The molecule has 2 atom stereocenters. The summed E-state index contributed by atoms with van der Waals surface area (Å²) in [6, 6.07) is 9.15. The molecule has 1 aliphatic rings. The van der Waals surface area contributed by atoms with Crippen LogP contribution in [0.3, 0.4) is 0 Å². The Bertz CT molecular complexity index is 796. The van der Waals surface area contributed by atoms with E-state index in [1.165, 1.54) is 0 Å². The largest absolute Gasteiger partial charge is 0.481 e. The van der Waals surface area contributed by atoms with Gasteiger partial charge in [-0.15, -0.1) is 0 Å². The fourth-order valence-electron chi connectivity index (χ4n) is 3.97. The first-order chi connectivity index (χ1) is 13.8. The summed E-state index contributed by atoms with van der Waals surface area (Å²) in [7, 11) is -2.32. The van der Waals surface area contributed by atoms with Crippen molar-refractivity contribution in [2.45, 2.75) is 64.3 Å². The van der Waals surface area contributed by atoms with Crippen molar-refractivity contribution in [3.63, 3.8) is 0 Å². The minimum atomic E-state index is -2.32. The molecule has 1 N–H and O–H groups in total. The van der Waals surface area contributed by atoms with Crippen LogP contribution in [0.15, 0.2) is 35.9 Å². The van der Waals surface area contributed by atoms with Crippen LogP contribution in [0.1, 0.15) is 62.0 Å².